The number of ether oxygens (including phenoxy) is 1. The number of hydrogen-bond acceptors (Lipinski definition) is 7. The summed E-state index contributed by atoms with van der Waals surface area (Å²) in [5, 5.41) is 12.4. The Labute approximate surface area is 169 Å². The molecule has 0 bridgehead atoms. The van der Waals surface area contributed by atoms with E-state index in [-0.39, 0.29) is 36.0 Å². The molecule has 1 aromatic carbocycles. The Balaban J connectivity index is 1.51. The van der Waals surface area contributed by atoms with Gasteiger partial charge in [0.25, 0.3) is 0 Å². The van der Waals surface area contributed by atoms with Crippen LogP contribution in [0.3, 0.4) is 0 Å². The Bertz CT molecular complexity index is 984. The maximum atomic E-state index is 13.1. The van der Waals surface area contributed by atoms with Crippen molar-refractivity contribution < 1.29 is 17.9 Å². The molecule has 10 heteroatoms. The quantitative estimate of drug-likeness (QED) is 0.695. The second kappa shape index (κ2) is 8.10. The molecule has 1 aliphatic carbocycles. The van der Waals surface area contributed by atoms with Gasteiger partial charge in [-0.15, -0.1) is 10.2 Å². The number of hydrogen-bond donors (Lipinski definition) is 0. The minimum Gasteiger partial charge on any atom is -0.497 e. The van der Waals surface area contributed by atoms with Gasteiger partial charge in [0.1, 0.15) is 12.3 Å². The topological polar surface area (TPSA) is 107 Å². The van der Waals surface area contributed by atoms with Gasteiger partial charge in [0.2, 0.25) is 11.7 Å². The molecule has 29 heavy (non-hydrogen) atoms. The van der Waals surface area contributed by atoms with Crippen molar-refractivity contribution in [2.75, 3.05) is 18.6 Å². The van der Waals surface area contributed by atoms with E-state index in [9.17, 15) is 13.2 Å². The van der Waals surface area contributed by atoms with Crippen LogP contribution in [-0.2, 0) is 21.2 Å². The van der Waals surface area contributed by atoms with Crippen molar-refractivity contribution in [3.63, 3.8) is 0 Å². The van der Waals surface area contributed by atoms with Crippen LogP contribution in [0, 0.1) is 0 Å². The fraction of sp³-hybridized carbons (Fsp3) is 0.579. The minimum absolute atomic E-state index is 0.0507. The molecule has 2 aliphatic rings. The van der Waals surface area contributed by atoms with Crippen LogP contribution in [0.5, 0.6) is 5.75 Å². The summed E-state index contributed by atoms with van der Waals surface area (Å²) in [6.07, 6.45) is 4.47. The highest BCUT2D eigenvalue weighted by atomic mass is 32.2. The number of carbonyl (C=O) groups is 1. The molecule has 2 fully saturated rings. The van der Waals surface area contributed by atoms with Crippen LogP contribution in [-0.4, -0.2) is 70.1 Å². The summed E-state index contributed by atoms with van der Waals surface area (Å²) in [4.78, 5) is 16.2. The Kier molecular flexibility index (Phi) is 5.53. The predicted octanol–water partition coefficient (Wildman–Crippen LogP) is 1.31. The highest BCUT2D eigenvalue weighted by molar-refractivity contribution is 7.91. The number of aromatic nitrogens is 4. The van der Waals surface area contributed by atoms with Gasteiger partial charge in [0, 0.05) is 17.6 Å². The van der Waals surface area contributed by atoms with Crippen molar-refractivity contribution in [1.82, 2.24) is 25.1 Å². The van der Waals surface area contributed by atoms with Gasteiger partial charge in [-0.1, -0.05) is 25.0 Å². The van der Waals surface area contributed by atoms with E-state index in [1.807, 2.05) is 18.2 Å². The van der Waals surface area contributed by atoms with Crippen molar-refractivity contribution >= 4 is 15.7 Å². The summed E-state index contributed by atoms with van der Waals surface area (Å²) in [5.74, 6) is 1.15. The average molecular weight is 420 g/mol. The molecular formula is C19H25N5O4S. The molecule has 1 aliphatic heterocycles. The number of tetrazole rings is 1. The number of sulfone groups is 1. The molecule has 0 radical (unpaired) electrons. The Morgan fingerprint density at radius 2 is 2.03 bits per heavy atom. The smallest absolute Gasteiger partial charge is 0.246 e. The number of rotatable bonds is 6. The standard InChI is InChI=1S/C19H25N5O4S/c1-28-17-8-4-5-14(11-17)19-20-22-23(21-19)12-18(25)24(15-6-2-3-7-15)16-9-10-29(26,27)13-16/h4-5,8,11,15-16H,2-3,6-7,9-10,12-13H2,1H3. The lowest BCUT2D eigenvalue weighted by Gasteiger charge is -2.33. The van der Waals surface area contributed by atoms with E-state index in [0.29, 0.717) is 18.0 Å². The maximum Gasteiger partial charge on any atom is 0.246 e. The zero-order valence-electron chi connectivity index (χ0n) is 16.4. The van der Waals surface area contributed by atoms with Gasteiger partial charge in [0.05, 0.1) is 18.6 Å². The van der Waals surface area contributed by atoms with Crippen molar-refractivity contribution in [3.8, 4) is 17.1 Å². The Morgan fingerprint density at radius 1 is 1.24 bits per heavy atom. The van der Waals surface area contributed by atoms with Crippen LogP contribution in [0.15, 0.2) is 24.3 Å². The van der Waals surface area contributed by atoms with Crippen LogP contribution in [0.4, 0.5) is 0 Å². The normalized spacial score (nSPS) is 21.3. The third-order valence-corrected chi connectivity index (χ3v) is 7.42. The molecule has 1 unspecified atom stereocenters. The molecule has 1 amide bonds. The number of benzene rings is 1. The van der Waals surface area contributed by atoms with E-state index < -0.39 is 9.84 Å². The van der Waals surface area contributed by atoms with Crippen LogP contribution in [0.1, 0.15) is 32.1 Å². The van der Waals surface area contributed by atoms with Crippen LogP contribution < -0.4 is 4.74 Å². The Hall–Kier alpha value is -2.49. The first kappa shape index (κ1) is 19.8. The number of nitrogens with zero attached hydrogens (tertiary/aromatic N) is 5. The molecule has 0 N–H and O–H groups in total. The number of amides is 1. The number of methoxy groups -OCH3 is 1. The second-order valence-corrected chi connectivity index (χ2v) is 9.90. The van der Waals surface area contributed by atoms with Gasteiger partial charge in [-0.3, -0.25) is 4.79 Å². The summed E-state index contributed by atoms with van der Waals surface area (Å²) in [6, 6.07) is 7.16. The lowest BCUT2D eigenvalue weighted by Crippen LogP contribution is -2.48. The summed E-state index contributed by atoms with van der Waals surface area (Å²) < 4.78 is 29.1. The first-order chi connectivity index (χ1) is 13.9. The van der Waals surface area contributed by atoms with Gasteiger partial charge in [-0.05, 0) is 36.6 Å². The first-order valence-corrected chi connectivity index (χ1v) is 11.7. The van der Waals surface area contributed by atoms with Crippen molar-refractivity contribution in [3.05, 3.63) is 24.3 Å². The van der Waals surface area contributed by atoms with Gasteiger partial charge in [-0.25, -0.2) is 8.42 Å². The van der Waals surface area contributed by atoms with Crippen LogP contribution in [0.2, 0.25) is 0 Å². The van der Waals surface area contributed by atoms with Gasteiger partial charge >= 0.3 is 0 Å². The van der Waals surface area contributed by atoms with Crippen LogP contribution >= 0.6 is 0 Å². The van der Waals surface area contributed by atoms with Gasteiger partial charge < -0.3 is 9.64 Å². The molecule has 1 saturated carbocycles. The number of carbonyl (C=O) groups excluding carboxylic acids is 1. The van der Waals surface area contributed by atoms with Crippen molar-refractivity contribution in [2.24, 2.45) is 0 Å². The Morgan fingerprint density at radius 3 is 2.72 bits per heavy atom. The largest absolute Gasteiger partial charge is 0.497 e. The maximum absolute atomic E-state index is 13.1. The van der Waals surface area contributed by atoms with Crippen molar-refractivity contribution in [1.29, 1.82) is 0 Å². The highest BCUT2D eigenvalue weighted by Gasteiger charge is 2.39. The van der Waals surface area contributed by atoms with E-state index >= 15 is 0 Å². The molecule has 0 spiro atoms. The third-order valence-electron chi connectivity index (χ3n) is 5.67. The molecule has 9 nitrogen and oxygen atoms in total. The molecule has 2 heterocycles. The zero-order valence-corrected chi connectivity index (χ0v) is 17.2. The summed E-state index contributed by atoms with van der Waals surface area (Å²) in [5.41, 5.74) is 0.748. The molecule has 1 aromatic heterocycles. The first-order valence-electron chi connectivity index (χ1n) is 9.89. The summed E-state index contributed by atoms with van der Waals surface area (Å²) >= 11 is 0. The SMILES string of the molecule is COc1cccc(-c2nnn(CC(=O)N(C3CCCC3)C3CCS(=O)(=O)C3)n2)c1. The monoisotopic (exact) mass is 419 g/mol. The average Bonchev–Trinajstić information content (AvgIpc) is 3.44. The third kappa shape index (κ3) is 4.42. The summed E-state index contributed by atoms with van der Waals surface area (Å²) in [6.45, 7) is -0.0516. The fourth-order valence-corrected chi connectivity index (χ4v) is 5.98. The fourth-order valence-electron chi connectivity index (χ4n) is 4.27. The lowest BCUT2D eigenvalue weighted by molar-refractivity contribution is -0.136. The van der Waals surface area contributed by atoms with E-state index in [4.69, 9.17) is 4.74 Å². The van der Waals surface area contributed by atoms with E-state index in [0.717, 1.165) is 31.2 Å². The lowest BCUT2D eigenvalue weighted by atomic mass is 10.1. The van der Waals surface area contributed by atoms with Gasteiger partial charge in [-0.2, -0.15) is 4.80 Å². The molecule has 4 rings (SSSR count). The molecule has 1 atom stereocenters. The second-order valence-electron chi connectivity index (χ2n) is 7.67. The zero-order chi connectivity index (χ0) is 20.4. The molecule has 2 aromatic rings. The summed E-state index contributed by atoms with van der Waals surface area (Å²) in [7, 11) is -1.48. The minimum atomic E-state index is -3.07. The predicted molar refractivity (Wildman–Crippen MR) is 106 cm³/mol. The van der Waals surface area contributed by atoms with E-state index in [2.05, 4.69) is 15.4 Å². The van der Waals surface area contributed by atoms with E-state index in [1.165, 1.54) is 4.80 Å². The van der Waals surface area contributed by atoms with Crippen molar-refractivity contribution in [2.45, 2.75) is 50.7 Å². The molecular weight excluding hydrogens is 394 g/mol. The highest BCUT2D eigenvalue weighted by Crippen LogP contribution is 2.29. The molecule has 1 saturated heterocycles. The van der Waals surface area contributed by atoms with E-state index in [1.54, 1.807) is 18.1 Å². The van der Waals surface area contributed by atoms with Crippen LogP contribution in [0.25, 0.3) is 11.4 Å². The van der Waals surface area contributed by atoms with Gasteiger partial charge in [0.15, 0.2) is 9.84 Å². The molecule has 156 valence electrons.